The Bertz CT molecular complexity index is 94.7. The Labute approximate surface area is 49.1 Å². The average Bonchev–Trinajstić information content (AvgIpc) is 1.83. The average molecular weight is 113 g/mol. The largest absolute Gasteiger partial charge is 0.423 e. The van der Waals surface area contributed by atoms with Crippen LogP contribution in [-0.2, 0) is 9.53 Å². The lowest BCUT2D eigenvalue weighted by atomic mass is 10.4. The Hall–Kier alpha value is -0.790. The van der Waals surface area contributed by atoms with E-state index in [4.69, 9.17) is 0 Å². The molecule has 0 spiro atoms. The first-order valence-corrected chi connectivity index (χ1v) is 2.54. The number of hydrogen-bond donors (Lipinski definition) is 0. The Kier molecular flexibility index (Phi) is 3.94. The van der Waals surface area contributed by atoms with Gasteiger partial charge in [-0.25, -0.2) is 4.79 Å². The highest BCUT2D eigenvalue weighted by molar-refractivity contribution is 5.40. The van der Waals surface area contributed by atoms with Gasteiger partial charge in [0.2, 0.25) is 0 Å². The summed E-state index contributed by atoms with van der Waals surface area (Å²) in [6, 6.07) is 0. The molecule has 0 N–H and O–H groups in total. The first-order valence-electron chi connectivity index (χ1n) is 2.54. The molecule has 0 aromatic carbocycles. The lowest BCUT2D eigenvalue weighted by molar-refractivity contribution is 0.351. The predicted octanol–water partition coefficient (Wildman–Crippen LogP) is 1.38. The second-order valence-electron chi connectivity index (χ2n) is 1.29. The SMILES string of the molecule is CC=C(CC)O[C]=O. The molecule has 0 aromatic heterocycles. The Morgan fingerprint density at radius 3 is 2.62 bits per heavy atom. The maximum absolute atomic E-state index is 9.54. The summed E-state index contributed by atoms with van der Waals surface area (Å²) in [6.45, 7) is 5.08. The van der Waals surface area contributed by atoms with Crippen molar-refractivity contribution in [3.63, 3.8) is 0 Å². The second kappa shape index (κ2) is 4.37. The summed E-state index contributed by atoms with van der Waals surface area (Å²) in [5.41, 5.74) is 0. The maximum Gasteiger partial charge on any atom is 0.422 e. The number of rotatable bonds is 3. The number of allylic oxidation sites excluding steroid dienone is 2. The van der Waals surface area contributed by atoms with Gasteiger partial charge in [-0.3, -0.25) is 0 Å². The molecule has 0 aliphatic rings. The van der Waals surface area contributed by atoms with Gasteiger partial charge >= 0.3 is 6.47 Å². The molecular weight excluding hydrogens is 104 g/mol. The van der Waals surface area contributed by atoms with E-state index in [-0.39, 0.29) is 0 Å². The van der Waals surface area contributed by atoms with Gasteiger partial charge in [-0.15, -0.1) is 0 Å². The smallest absolute Gasteiger partial charge is 0.422 e. The summed E-state index contributed by atoms with van der Waals surface area (Å²) >= 11 is 0. The highest BCUT2D eigenvalue weighted by Gasteiger charge is 1.88. The Balaban J connectivity index is 3.53. The minimum atomic E-state index is 0.667. The zero-order chi connectivity index (χ0) is 6.41. The first kappa shape index (κ1) is 7.21. The third kappa shape index (κ3) is 2.39. The molecule has 0 atom stereocenters. The van der Waals surface area contributed by atoms with Gasteiger partial charge in [0.1, 0.15) is 5.76 Å². The van der Waals surface area contributed by atoms with E-state index in [0.717, 1.165) is 6.42 Å². The third-order valence-corrected chi connectivity index (χ3v) is 0.843. The van der Waals surface area contributed by atoms with Crippen LogP contribution < -0.4 is 0 Å². The highest BCUT2D eigenvalue weighted by atomic mass is 16.5. The minimum Gasteiger partial charge on any atom is -0.423 e. The van der Waals surface area contributed by atoms with Gasteiger partial charge in [-0.2, -0.15) is 0 Å². The van der Waals surface area contributed by atoms with Gasteiger partial charge in [-0.05, 0) is 13.0 Å². The molecule has 0 saturated carbocycles. The third-order valence-electron chi connectivity index (χ3n) is 0.843. The van der Waals surface area contributed by atoms with E-state index in [1.54, 1.807) is 6.08 Å². The molecule has 2 heteroatoms. The molecule has 0 unspecified atom stereocenters. The normalized spacial score (nSPS) is 11.0. The summed E-state index contributed by atoms with van der Waals surface area (Å²) in [7, 11) is 0. The van der Waals surface area contributed by atoms with Crippen molar-refractivity contribution in [3.8, 4) is 0 Å². The fraction of sp³-hybridized carbons (Fsp3) is 0.500. The molecular formula is C6H9O2. The van der Waals surface area contributed by atoms with Crippen LogP contribution in [0.2, 0.25) is 0 Å². The molecule has 0 aromatic rings. The zero-order valence-electron chi connectivity index (χ0n) is 5.10. The molecule has 2 nitrogen and oxygen atoms in total. The minimum absolute atomic E-state index is 0.667. The van der Waals surface area contributed by atoms with Crippen molar-refractivity contribution in [2.75, 3.05) is 0 Å². The van der Waals surface area contributed by atoms with Crippen molar-refractivity contribution >= 4 is 6.47 Å². The molecule has 1 radical (unpaired) electrons. The quantitative estimate of drug-likeness (QED) is 0.517. The first-order chi connectivity index (χ1) is 3.85. The number of carbonyl (C=O) groups excluding carboxylic acids is 1. The summed E-state index contributed by atoms with van der Waals surface area (Å²) in [6.07, 6.45) is 2.48. The number of hydrogen-bond acceptors (Lipinski definition) is 2. The van der Waals surface area contributed by atoms with E-state index in [0.29, 0.717) is 5.76 Å². The van der Waals surface area contributed by atoms with E-state index < -0.39 is 0 Å². The summed E-state index contributed by atoms with van der Waals surface area (Å²) < 4.78 is 4.40. The van der Waals surface area contributed by atoms with Crippen LogP contribution in [0, 0.1) is 0 Å². The zero-order valence-corrected chi connectivity index (χ0v) is 5.10. The van der Waals surface area contributed by atoms with Crippen molar-refractivity contribution in [1.29, 1.82) is 0 Å². The van der Waals surface area contributed by atoms with E-state index in [1.165, 1.54) is 6.47 Å². The Morgan fingerprint density at radius 1 is 1.88 bits per heavy atom. The van der Waals surface area contributed by atoms with Crippen molar-refractivity contribution in [2.24, 2.45) is 0 Å². The highest BCUT2D eigenvalue weighted by Crippen LogP contribution is 1.98. The van der Waals surface area contributed by atoms with E-state index in [2.05, 4.69) is 4.74 Å². The van der Waals surface area contributed by atoms with E-state index in [1.807, 2.05) is 13.8 Å². The lowest BCUT2D eigenvalue weighted by Gasteiger charge is -1.94. The van der Waals surface area contributed by atoms with Crippen LogP contribution in [0.5, 0.6) is 0 Å². The fourth-order valence-corrected chi connectivity index (χ4v) is 0.389. The van der Waals surface area contributed by atoms with E-state index in [9.17, 15) is 4.79 Å². The molecule has 0 bridgehead atoms. The van der Waals surface area contributed by atoms with Crippen molar-refractivity contribution < 1.29 is 9.53 Å². The molecule has 0 amide bonds. The van der Waals surface area contributed by atoms with Gasteiger partial charge in [-0.1, -0.05) is 6.92 Å². The molecule has 0 fully saturated rings. The molecule has 8 heavy (non-hydrogen) atoms. The van der Waals surface area contributed by atoms with Gasteiger partial charge in [0, 0.05) is 6.42 Å². The van der Waals surface area contributed by atoms with Gasteiger partial charge < -0.3 is 4.74 Å². The van der Waals surface area contributed by atoms with Crippen LogP contribution in [0.15, 0.2) is 11.8 Å². The van der Waals surface area contributed by atoms with Crippen LogP contribution >= 0.6 is 0 Å². The molecule has 0 heterocycles. The van der Waals surface area contributed by atoms with Crippen LogP contribution in [0.3, 0.4) is 0 Å². The van der Waals surface area contributed by atoms with Crippen LogP contribution in [-0.4, -0.2) is 6.47 Å². The molecule has 0 rings (SSSR count). The number of ether oxygens (including phenoxy) is 1. The van der Waals surface area contributed by atoms with Crippen LogP contribution in [0.25, 0.3) is 0 Å². The fourth-order valence-electron chi connectivity index (χ4n) is 0.389. The summed E-state index contributed by atoms with van der Waals surface area (Å²) in [5.74, 6) is 0.667. The van der Waals surface area contributed by atoms with Gasteiger partial charge in [0.05, 0.1) is 0 Å². The van der Waals surface area contributed by atoms with Crippen molar-refractivity contribution in [2.45, 2.75) is 20.3 Å². The van der Waals surface area contributed by atoms with Crippen LogP contribution in [0.4, 0.5) is 0 Å². The summed E-state index contributed by atoms with van der Waals surface area (Å²) in [5, 5.41) is 0. The maximum atomic E-state index is 9.54. The van der Waals surface area contributed by atoms with Gasteiger partial charge in [0.15, 0.2) is 0 Å². The standard InChI is InChI=1S/C6H9O2/c1-3-6(4-2)8-5-7/h3H,4H2,1-2H3. The topological polar surface area (TPSA) is 26.3 Å². The summed E-state index contributed by atoms with van der Waals surface area (Å²) in [4.78, 5) is 9.54. The van der Waals surface area contributed by atoms with Gasteiger partial charge in [0.25, 0.3) is 0 Å². The monoisotopic (exact) mass is 113 g/mol. The molecule has 0 aliphatic carbocycles. The lowest BCUT2D eigenvalue weighted by Crippen LogP contribution is -1.85. The van der Waals surface area contributed by atoms with Crippen molar-refractivity contribution in [1.82, 2.24) is 0 Å². The molecule has 0 saturated heterocycles. The molecule has 0 aliphatic heterocycles. The van der Waals surface area contributed by atoms with Crippen LogP contribution in [0.1, 0.15) is 20.3 Å². The predicted molar refractivity (Wildman–Crippen MR) is 30.8 cm³/mol. The Morgan fingerprint density at radius 2 is 2.50 bits per heavy atom. The van der Waals surface area contributed by atoms with Crippen molar-refractivity contribution in [3.05, 3.63) is 11.8 Å². The van der Waals surface area contributed by atoms with E-state index >= 15 is 0 Å². The molecule has 45 valence electrons. The second-order valence-corrected chi connectivity index (χ2v) is 1.29.